The van der Waals surface area contributed by atoms with E-state index in [2.05, 4.69) is 22.8 Å². The zero-order valence-corrected chi connectivity index (χ0v) is 11.1. The molecule has 2 N–H and O–H groups in total. The molecule has 4 heteroatoms. The highest BCUT2D eigenvalue weighted by atomic mass is 32.1. The van der Waals surface area contributed by atoms with E-state index in [0.717, 1.165) is 23.7 Å². The van der Waals surface area contributed by atoms with Gasteiger partial charge in [0.05, 0.1) is 13.2 Å². The summed E-state index contributed by atoms with van der Waals surface area (Å²) in [7, 11) is 1.69. The third-order valence-electron chi connectivity index (χ3n) is 3.60. The van der Waals surface area contributed by atoms with Gasteiger partial charge in [0.25, 0.3) is 0 Å². The Balaban J connectivity index is 1.94. The molecule has 1 aliphatic heterocycles. The first kappa shape index (κ1) is 11.5. The maximum Gasteiger partial charge on any atom is 0.171 e. The van der Waals surface area contributed by atoms with Crippen LogP contribution >= 0.6 is 12.2 Å². The minimum atomic E-state index is 0.224. The second-order valence-corrected chi connectivity index (χ2v) is 5.07. The molecule has 0 fully saturated rings. The van der Waals surface area contributed by atoms with E-state index in [4.69, 9.17) is 17.0 Å². The van der Waals surface area contributed by atoms with E-state index in [0.29, 0.717) is 0 Å². The molecule has 1 aliphatic carbocycles. The summed E-state index contributed by atoms with van der Waals surface area (Å²) in [6.45, 7) is 0. The first-order valence-corrected chi connectivity index (χ1v) is 6.62. The van der Waals surface area contributed by atoms with Crippen LogP contribution in [0.15, 0.2) is 35.5 Å². The molecular formula is C14H16N2OS. The fourth-order valence-corrected chi connectivity index (χ4v) is 2.94. The van der Waals surface area contributed by atoms with Crippen LogP contribution < -0.4 is 15.4 Å². The van der Waals surface area contributed by atoms with E-state index in [1.165, 1.54) is 23.3 Å². The van der Waals surface area contributed by atoms with Crippen LogP contribution in [0.5, 0.6) is 5.75 Å². The number of nitrogens with one attached hydrogen (secondary N) is 2. The normalized spacial score (nSPS) is 22.3. The van der Waals surface area contributed by atoms with Crippen molar-refractivity contribution in [2.45, 2.75) is 25.3 Å². The molecule has 0 unspecified atom stereocenters. The molecule has 3 nitrogen and oxygen atoms in total. The Morgan fingerprint density at radius 2 is 2.00 bits per heavy atom. The Kier molecular flexibility index (Phi) is 2.96. The fraction of sp³-hybridized carbons (Fsp3) is 0.357. The molecule has 0 amide bonds. The molecule has 1 aromatic carbocycles. The van der Waals surface area contributed by atoms with Gasteiger partial charge in [-0.3, -0.25) is 0 Å². The predicted octanol–water partition coefficient (Wildman–Crippen LogP) is 2.65. The minimum Gasteiger partial charge on any atom is -0.497 e. The lowest BCUT2D eigenvalue weighted by Crippen LogP contribution is -2.42. The van der Waals surface area contributed by atoms with Gasteiger partial charge in [0.15, 0.2) is 5.11 Å². The lowest BCUT2D eigenvalue weighted by Gasteiger charge is -2.29. The topological polar surface area (TPSA) is 33.3 Å². The van der Waals surface area contributed by atoms with Gasteiger partial charge in [-0.05, 0) is 54.7 Å². The Morgan fingerprint density at radius 3 is 2.72 bits per heavy atom. The maximum absolute atomic E-state index is 5.27. The van der Waals surface area contributed by atoms with Gasteiger partial charge in [-0.25, -0.2) is 0 Å². The molecular weight excluding hydrogens is 244 g/mol. The number of thiocarbonyl (C=S) groups is 1. The summed E-state index contributed by atoms with van der Waals surface area (Å²) in [5, 5.41) is 7.37. The lowest BCUT2D eigenvalue weighted by atomic mass is 9.96. The third-order valence-corrected chi connectivity index (χ3v) is 3.82. The zero-order valence-electron chi connectivity index (χ0n) is 10.3. The maximum atomic E-state index is 5.27. The third kappa shape index (κ3) is 1.97. The van der Waals surface area contributed by atoms with Gasteiger partial charge in [-0.1, -0.05) is 12.1 Å². The second kappa shape index (κ2) is 4.61. The van der Waals surface area contributed by atoms with Crippen LogP contribution in [0.25, 0.3) is 0 Å². The first-order chi connectivity index (χ1) is 8.78. The van der Waals surface area contributed by atoms with Gasteiger partial charge >= 0.3 is 0 Å². The van der Waals surface area contributed by atoms with Crippen LogP contribution in [0.1, 0.15) is 30.9 Å². The SMILES string of the molecule is COc1ccc([C@@H]2NC(=S)NC3=C2CCC3)cc1. The van der Waals surface area contributed by atoms with E-state index < -0.39 is 0 Å². The monoisotopic (exact) mass is 260 g/mol. The van der Waals surface area contributed by atoms with Crippen LogP contribution in [0, 0.1) is 0 Å². The molecule has 94 valence electrons. The molecule has 3 rings (SSSR count). The summed E-state index contributed by atoms with van der Waals surface area (Å²) in [6.07, 6.45) is 3.48. The Bertz CT molecular complexity index is 507. The van der Waals surface area contributed by atoms with Crippen molar-refractivity contribution in [2.75, 3.05) is 7.11 Å². The van der Waals surface area contributed by atoms with E-state index in [-0.39, 0.29) is 6.04 Å². The van der Waals surface area contributed by atoms with E-state index in [9.17, 15) is 0 Å². The van der Waals surface area contributed by atoms with Gasteiger partial charge in [-0.2, -0.15) is 0 Å². The Morgan fingerprint density at radius 1 is 1.22 bits per heavy atom. The van der Waals surface area contributed by atoms with Crippen LogP contribution in [0.3, 0.4) is 0 Å². The number of benzene rings is 1. The van der Waals surface area contributed by atoms with E-state index >= 15 is 0 Å². The summed E-state index contributed by atoms with van der Waals surface area (Å²) in [6, 6.07) is 8.43. The highest BCUT2D eigenvalue weighted by Gasteiger charge is 2.29. The van der Waals surface area contributed by atoms with E-state index in [1.807, 2.05) is 12.1 Å². The average molecular weight is 260 g/mol. The summed E-state index contributed by atoms with van der Waals surface area (Å²) >= 11 is 5.27. The quantitative estimate of drug-likeness (QED) is 0.801. The molecule has 0 saturated heterocycles. The number of hydrogen-bond donors (Lipinski definition) is 2. The van der Waals surface area contributed by atoms with Crippen molar-refractivity contribution in [3.63, 3.8) is 0 Å². The van der Waals surface area contributed by atoms with Crippen molar-refractivity contribution in [1.82, 2.24) is 10.6 Å². The number of ether oxygens (including phenoxy) is 1. The molecule has 1 heterocycles. The van der Waals surface area contributed by atoms with Crippen molar-refractivity contribution in [1.29, 1.82) is 0 Å². The van der Waals surface area contributed by atoms with Crippen molar-refractivity contribution in [3.8, 4) is 5.75 Å². The van der Waals surface area contributed by atoms with Crippen LogP contribution in [0.4, 0.5) is 0 Å². The summed E-state index contributed by atoms with van der Waals surface area (Å²) in [5.41, 5.74) is 4.02. The molecule has 1 atom stereocenters. The molecule has 0 saturated carbocycles. The summed E-state index contributed by atoms with van der Waals surface area (Å²) in [4.78, 5) is 0. The summed E-state index contributed by atoms with van der Waals surface area (Å²) < 4.78 is 5.19. The number of hydrogen-bond acceptors (Lipinski definition) is 2. The molecule has 0 aromatic heterocycles. The second-order valence-electron chi connectivity index (χ2n) is 4.66. The smallest absolute Gasteiger partial charge is 0.171 e. The first-order valence-electron chi connectivity index (χ1n) is 6.21. The number of allylic oxidation sites excluding steroid dienone is 1. The van der Waals surface area contributed by atoms with Gasteiger partial charge in [0.2, 0.25) is 0 Å². The van der Waals surface area contributed by atoms with Crippen molar-refractivity contribution < 1.29 is 4.74 Å². The van der Waals surface area contributed by atoms with Gasteiger partial charge in [0, 0.05) is 5.70 Å². The van der Waals surface area contributed by atoms with Crippen molar-refractivity contribution in [2.24, 2.45) is 0 Å². The van der Waals surface area contributed by atoms with Gasteiger partial charge in [0.1, 0.15) is 5.75 Å². The van der Waals surface area contributed by atoms with Gasteiger partial charge in [-0.15, -0.1) is 0 Å². The average Bonchev–Trinajstić information content (AvgIpc) is 2.86. The zero-order chi connectivity index (χ0) is 12.5. The van der Waals surface area contributed by atoms with Crippen molar-refractivity contribution in [3.05, 3.63) is 41.1 Å². The van der Waals surface area contributed by atoms with E-state index in [1.54, 1.807) is 7.11 Å². The molecule has 0 spiro atoms. The number of methoxy groups -OCH3 is 1. The standard InChI is InChI=1S/C14H16N2OS/c1-17-10-7-5-9(6-8-10)13-11-3-2-4-12(11)15-14(18)16-13/h5-8,13H,2-4H2,1H3,(H2,15,16,18)/t13-/m0/s1. The van der Waals surface area contributed by atoms with Crippen molar-refractivity contribution >= 4 is 17.3 Å². The lowest BCUT2D eigenvalue weighted by molar-refractivity contribution is 0.414. The Labute approximate surface area is 112 Å². The highest BCUT2D eigenvalue weighted by molar-refractivity contribution is 7.80. The van der Waals surface area contributed by atoms with Crippen LogP contribution in [0.2, 0.25) is 0 Å². The minimum absolute atomic E-state index is 0.224. The van der Waals surface area contributed by atoms with Crippen LogP contribution in [-0.2, 0) is 0 Å². The van der Waals surface area contributed by atoms with Crippen LogP contribution in [-0.4, -0.2) is 12.2 Å². The summed E-state index contributed by atoms with van der Waals surface area (Å²) in [5.74, 6) is 0.885. The molecule has 1 aromatic rings. The molecule has 2 aliphatic rings. The Hall–Kier alpha value is -1.55. The molecule has 18 heavy (non-hydrogen) atoms. The van der Waals surface area contributed by atoms with Gasteiger partial charge < -0.3 is 15.4 Å². The fourth-order valence-electron chi connectivity index (χ4n) is 2.70. The molecule has 0 radical (unpaired) electrons. The molecule has 0 bridgehead atoms. The highest BCUT2D eigenvalue weighted by Crippen LogP contribution is 2.36. The predicted molar refractivity (Wildman–Crippen MR) is 75.5 cm³/mol. The number of rotatable bonds is 2. The largest absolute Gasteiger partial charge is 0.497 e.